The minimum absolute atomic E-state index is 0.216. The molecule has 6 atom stereocenters. The molecule has 0 radical (unpaired) electrons. The van der Waals surface area contributed by atoms with Gasteiger partial charge in [0.2, 0.25) is 0 Å². The average molecular weight is 405 g/mol. The van der Waals surface area contributed by atoms with Crippen molar-refractivity contribution in [3.8, 4) is 0 Å². The Balaban J connectivity index is 1.37. The highest BCUT2D eigenvalue weighted by atomic mass is 16.4. The van der Waals surface area contributed by atoms with Gasteiger partial charge in [0.05, 0.1) is 11.7 Å². The molecule has 3 aliphatic carbocycles. The van der Waals surface area contributed by atoms with Crippen LogP contribution in [0.4, 0.5) is 0 Å². The summed E-state index contributed by atoms with van der Waals surface area (Å²) < 4.78 is 0. The van der Waals surface area contributed by atoms with E-state index in [0.29, 0.717) is 29.2 Å². The smallest absolute Gasteiger partial charge is 0.335 e. The topological polar surface area (TPSA) is 57.5 Å². The lowest BCUT2D eigenvalue weighted by Gasteiger charge is -2.51. The van der Waals surface area contributed by atoms with Crippen LogP contribution < -0.4 is 0 Å². The molecule has 0 aliphatic heterocycles. The van der Waals surface area contributed by atoms with Crippen LogP contribution in [0, 0.1) is 23.2 Å². The lowest BCUT2D eigenvalue weighted by Crippen LogP contribution is -2.45. The number of aliphatic hydroxyl groups is 1. The first-order chi connectivity index (χ1) is 14.5. The third-order valence-electron chi connectivity index (χ3n) is 8.80. The number of aliphatic hydroxyl groups excluding tert-OH is 1. The van der Waals surface area contributed by atoms with E-state index in [1.54, 1.807) is 6.07 Å². The fourth-order valence-corrected chi connectivity index (χ4v) is 7.39. The highest BCUT2D eigenvalue weighted by molar-refractivity contribution is 5.88. The van der Waals surface area contributed by atoms with Crippen molar-refractivity contribution in [3.05, 3.63) is 70.8 Å². The Kier molecular flexibility index (Phi) is 4.97. The van der Waals surface area contributed by atoms with E-state index in [4.69, 9.17) is 0 Å². The first kappa shape index (κ1) is 19.8. The molecule has 2 aromatic rings. The zero-order valence-electron chi connectivity index (χ0n) is 17.8. The van der Waals surface area contributed by atoms with Gasteiger partial charge in [-0.3, -0.25) is 0 Å². The second kappa shape index (κ2) is 7.53. The van der Waals surface area contributed by atoms with Crippen LogP contribution >= 0.6 is 0 Å². The second-order valence-corrected chi connectivity index (χ2v) is 10.1. The molecule has 0 bridgehead atoms. The van der Waals surface area contributed by atoms with Gasteiger partial charge in [-0.05, 0) is 103 Å². The van der Waals surface area contributed by atoms with E-state index in [-0.39, 0.29) is 11.5 Å². The van der Waals surface area contributed by atoms with Gasteiger partial charge in [-0.25, -0.2) is 4.79 Å². The number of fused-ring (bicyclic) bond motifs is 5. The average Bonchev–Trinajstić information content (AvgIpc) is 3.11. The maximum Gasteiger partial charge on any atom is 0.335 e. The summed E-state index contributed by atoms with van der Waals surface area (Å²) >= 11 is 0. The zero-order chi connectivity index (χ0) is 20.9. The molecular weight excluding hydrogens is 372 g/mol. The fourth-order valence-electron chi connectivity index (χ4n) is 7.39. The summed E-state index contributed by atoms with van der Waals surface area (Å²) in [7, 11) is 0. The molecule has 2 N–H and O–H groups in total. The molecule has 3 aliphatic rings. The Labute approximate surface area is 179 Å². The third kappa shape index (κ3) is 3.19. The number of hydrogen-bond donors (Lipinski definition) is 2. The largest absolute Gasteiger partial charge is 0.478 e. The van der Waals surface area contributed by atoms with E-state index >= 15 is 0 Å². The van der Waals surface area contributed by atoms with Gasteiger partial charge in [0, 0.05) is 0 Å². The molecule has 0 heterocycles. The number of carbonyl (C=O) groups is 1. The first-order valence-corrected chi connectivity index (χ1v) is 11.6. The minimum atomic E-state index is -0.831. The van der Waals surface area contributed by atoms with Crippen LogP contribution in [-0.2, 0) is 12.8 Å². The van der Waals surface area contributed by atoms with Crippen molar-refractivity contribution in [2.45, 2.75) is 63.9 Å². The van der Waals surface area contributed by atoms with Gasteiger partial charge in [-0.15, -0.1) is 0 Å². The quantitative estimate of drug-likeness (QED) is 0.711. The molecule has 0 aromatic heterocycles. The van der Waals surface area contributed by atoms with Crippen LogP contribution in [0.3, 0.4) is 0 Å². The van der Waals surface area contributed by atoms with Crippen molar-refractivity contribution in [3.63, 3.8) is 0 Å². The highest BCUT2D eigenvalue weighted by Gasteiger charge is 2.56. The van der Waals surface area contributed by atoms with Crippen molar-refractivity contribution in [1.29, 1.82) is 0 Å². The number of aromatic carboxylic acids is 1. The predicted octanol–water partition coefficient (Wildman–Crippen LogP) is 5.46. The molecular formula is C27H32O3. The number of hydrogen-bond acceptors (Lipinski definition) is 2. The monoisotopic (exact) mass is 404 g/mol. The Morgan fingerprint density at radius 3 is 2.67 bits per heavy atom. The van der Waals surface area contributed by atoms with Crippen LogP contribution in [0.15, 0.2) is 48.5 Å². The van der Waals surface area contributed by atoms with Gasteiger partial charge in [0.15, 0.2) is 0 Å². The maximum absolute atomic E-state index is 11.4. The Morgan fingerprint density at radius 1 is 1.10 bits per heavy atom. The van der Waals surface area contributed by atoms with E-state index in [0.717, 1.165) is 38.5 Å². The van der Waals surface area contributed by atoms with Crippen molar-refractivity contribution >= 4 is 5.97 Å². The number of carboxylic acid groups (broad SMARTS) is 1. The summed E-state index contributed by atoms with van der Waals surface area (Å²) in [6.07, 6.45) is 7.29. The molecule has 30 heavy (non-hydrogen) atoms. The SMILES string of the molecule is C[C@]12CC[C@@H]3c4ccc(C(=O)O)cc4CC[C@H]3[C@@H]1CC[C@H]2C(O)Cc1ccccc1. The van der Waals surface area contributed by atoms with E-state index in [2.05, 4.69) is 37.3 Å². The fraction of sp³-hybridized carbons (Fsp3) is 0.519. The highest BCUT2D eigenvalue weighted by Crippen LogP contribution is 2.63. The van der Waals surface area contributed by atoms with Gasteiger partial charge >= 0.3 is 5.97 Å². The number of carboxylic acids is 1. The van der Waals surface area contributed by atoms with Crippen molar-refractivity contribution < 1.29 is 15.0 Å². The molecule has 0 amide bonds. The van der Waals surface area contributed by atoms with Gasteiger partial charge < -0.3 is 10.2 Å². The summed E-state index contributed by atoms with van der Waals surface area (Å²) in [5.74, 6) is 1.43. The molecule has 0 spiro atoms. The number of aryl methyl sites for hydroxylation is 1. The van der Waals surface area contributed by atoms with Crippen molar-refractivity contribution in [2.24, 2.45) is 23.2 Å². The molecule has 3 nitrogen and oxygen atoms in total. The molecule has 2 saturated carbocycles. The van der Waals surface area contributed by atoms with E-state index in [9.17, 15) is 15.0 Å². The number of benzene rings is 2. The predicted molar refractivity (Wildman–Crippen MR) is 118 cm³/mol. The Bertz CT molecular complexity index is 936. The van der Waals surface area contributed by atoms with Crippen molar-refractivity contribution in [1.82, 2.24) is 0 Å². The maximum atomic E-state index is 11.4. The Morgan fingerprint density at radius 2 is 1.90 bits per heavy atom. The van der Waals surface area contributed by atoms with Gasteiger partial charge in [-0.1, -0.05) is 43.3 Å². The summed E-state index contributed by atoms with van der Waals surface area (Å²) in [6.45, 7) is 2.45. The number of rotatable bonds is 4. The van der Waals surface area contributed by atoms with Crippen LogP contribution in [0.5, 0.6) is 0 Å². The van der Waals surface area contributed by atoms with Crippen LogP contribution in [0.2, 0.25) is 0 Å². The molecule has 2 aromatic carbocycles. The molecule has 2 fully saturated rings. The van der Waals surface area contributed by atoms with E-state index < -0.39 is 5.97 Å². The molecule has 158 valence electrons. The molecule has 1 unspecified atom stereocenters. The summed E-state index contributed by atoms with van der Waals surface area (Å²) in [4.78, 5) is 11.4. The summed E-state index contributed by atoms with van der Waals surface area (Å²) in [6, 6.07) is 16.2. The van der Waals surface area contributed by atoms with Crippen LogP contribution in [-0.4, -0.2) is 22.3 Å². The molecule has 0 saturated heterocycles. The zero-order valence-corrected chi connectivity index (χ0v) is 17.8. The van der Waals surface area contributed by atoms with Crippen LogP contribution in [0.1, 0.15) is 72.0 Å². The lowest BCUT2D eigenvalue weighted by molar-refractivity contribution is -0.0239. The minimum Gasteiger partial charge on any atom is -0.478 e. The first-order valence-electron chi connectivity index (χ1n) is 11.6. The Hall–Kier alpha value is -2.13. The summed E-state index contributed by atoms with van der Waals surface area (Å²) in [5, 5.41) is 20.5. The van der Waals surface area contributed by atoms with Gasteiger partial charge in [0.1, 0.15) is 0 Å². The standard InChI is InChI=1S/C27H32O3/c1-27-14-13-21-20-9-8-19(26(29)30)16-18(20)7-10-22(21)23(27)11-12-24(27)25(28)15-17-5-3-2-4-6-17/h2-6,8-9,16,21-25,28H,7,10-15H2,1H3,(H,29,30)/t21-,22-,23+,24+,25?,27+/m1/s1. The lowest BCUT2D eigenvalue weighted by atomic mass is 9.53. The van der Waals surface area contributed by atoms with Gasteiger partial charge in [0.25, 0.3) is 0 Å². The normalized spacial score (nSPS) is 33.3. The second-order valence-electron chi connectivity index (χ2n) is 10.1. The van der Waals surface area contributed by atoms with Gasteiger partial charge in [-0.2, -0.15) is 0 Å². The molecule has 3 heteroatoms. The molecule has 5 rings (SSSR count). The van der Waals surface area contributed by atoms with E-state index in [1.165, 1.54) is 23.1 Å². The summed E-state index contributed by atoms with van der Waals surface area (Å²) in [5.41, 5.74) is 4.50. The van der Waals surface area contributed by atoms with E-state index in [1.807, 2.05) is 12.1 Å². The van der Waals surface area contributed by atoms with Crippen molar-refractivity contribution in [2.75, 3.05) is 0 Å². The third-order valence-corrected chi connectivity index (χ3v) is 8.80. The van der Waals surface area contributed by atoms with Crippen LogP contribution in [0.25, 0.3) is 0 Å².